The summed E-state index contributed by atoms with van der Waals surface area (Å²) in [6, 6.07) is 10.3. The van der Waals surface area contributed by atoms with Crippen LogP contribution in [0.15, 0.2) is 30.3 Å². The van der Waals surface area contributed by atoms with Gasteiger partial charge in [0.15, 0.2) is 0 Å². The van der Waals surface area contributed by atoms with Gasteiger partial charge in [0.25, 0.3) is 0 Å². The molecule has 29 heavy (non-hydrogen) atoms. The fourth-order valence-corrected chi connectivity index (χ4v) is 13.3. The van der Waals surface area contributed by atoms with Crippen LogP contribution in [0, 0.1) is 0 Å². The Morgan fingerprint density at radius 1 is 0.621 bits per heavy atom. The van der Waals surface area contributed by atoms with Gasteiger partial charge in [-0.2, -0.15) is 0 Å². The van der Waals surface area contributed by atoms with Gasteiger partial charge >= 0.3 is 79.3 Å². The summed E-state index contributed by atoms with van der Waals surface area (Å²) in [7, 11) is 0.385. The first-order valence-corrected chi connectivity index (χ1v) is 22.4. The number of halogens is 2. The van der Waals surface area contributed by atoms with E-state index in [0.29, 0.717) is 7.92 Å². The quantitative estimate of drug-likeness (QED) is 0.230. The summed E-state index contributed by atoms with van der Waals surface area (Å²) in [5, 5.41) is 0. The van der Waals surface area contributed by atoms with Gasteiger partial charge < -0.3 is 0 Å². The summed E-state index contributed by atoms with van der Waals surface area (Å²) in [4.78, 5) is 0. The number of hydrogen-bond acceptors (Lipinski definition) is 0. The average Bonchev–Trinajstić information content (AvgIpc) is 2.77. The second-order valence-electron chi connectivity index (χ2n) is 9.04. The fraction of sp³-hybridized carbons (Fsp3) is 0.720. The van der Waals surface area contributed by atoms with Crippen molar-refractivity contribution in [1.82, 2.24) is 0 Å². The fourth-order valence-electron chi connectivity index (χ4n) is 5.64. The standard InChI is InChI=1S/C18H33P.C7H6.2BrH.Ru/c1-4-10-16(11-5-1)19(17-12-6-2-7-13-17)18-14-8-3-9-15-18;1-7-5-3-2-4-6-7;;;/h16-18H,1-15H2;1-6H;2*1H;/q;;;;+2/p-2. The van der Waals surface area contributed by atoms with Gasteiger partial charge in [-0.15, -0.1) is 0 Å². The van der Waals surface area contributed by atoms with Gasteiger partial charge in [0.2, 0.25) is 0 Å². The van der Waals surface area contributed by atoms with Crippen LogP contribution in [0.2, 0.25) is 0 Å². The van der Waals surface area contributed by atoms with E-state index in [1.807, 2.05) is 18.2 Å². The number of rotatable bonds is 4. The summed E-state index contributed by atoms with van der Waals surface area (Å²) >= 11 is 6.10. The van der Waals surface area contributed by atoms with E-state index >= 15 is 0 Å². The zero-order valence-electron chi connectivity index (χ0n) is 17.9. The molecule has 0 aromatic heterocycles. The zero-order valence-corrected chi connectivity index (χ0v) is 23.7. The van der Waals surface area contributed by atoms with Crippen LogP contribution in [0.5, 0.6) is 0 Å². The van der Waals surface area contributed by atoms with Crippen LogP contribution in [-0.4, -0.2) is 21.6 Å². The second kappa shape index (κ2) is 14.3. The first kappa shape index (κ1) is 24.7. The number of hydrogen-bond donors (Lipinski definition) is 0. The molecule has 1 aromatic carbocycles. The Bertz CT molecular complexity index is 541. The van der Waals surface area contributed by atoms with Crippen LogP contribution in [0.1, 0.15) is 102 Å². The van der Waals surface area contributed by atoms with Crippen molar-refractivity contribution in [1.29, 1.82) is 0 Å². The minimum atomic E-state index is -0.934. The van der Waals surface area contributed by atoms with E-state index in [-0.39, 0.29) is 0 Å². The van der Waals surface area contributed by atoms with Crippen molar-refractivity contribution in [2.45, 2.75) is 113 Å². The van der Waals surface area contributed by atoms with Gasteiger partial charge in [-0.25, -0.2) is 0 Å². The summed E-state index contributed by atoms with van der Waals surface area (Å²) in [6.07, 6.45) is 23.6. The molecular weight excluding hydrogens is 592 g/mol. The van der Waals surface area contributed by atoms with Gasteiger partial charge in [-0.3, -0.25) is 0 Å². The predicted octanol–water partition coefficient (Wildman–Crippen LogP) is 9.54. The average molecular weight is 631 g/mol. The van der Waals surface area contributed by atoms with Crippen LogP contribution >= 0.6 is 35.2 Å². The molecule has 3 fully saturated rings. The summed E-state index contributed by atoms with van der Waals surface area (Å²) in [6.45, 7) is 0. The maximum atomic E-state index is 3.52. The molecule has 1 aromatic rings. The second-order valence-corrected chi connectivity index (χ2v) is 25.2. The first-order valence-electron chi connectivity index (χ1n) is 11.9. The van der Waals surface area contributed by atoms with Crippen LogP contribution < -0.4 is 0 Å². The summed E-state index contributed by atoms with van der Waals surface area (Å²) in [5.41, 5.74) is 4.86. The Hall–Kier alpha value is 1.10. The Morgan fingerprint density at radius 3 is 1.34 bits per heavy atom. The van der Waals surface area contributed by atoms with Gasteiger partial charge in [-0.1, -0.05) is 65.7 Å². The monoisotopic (exact) mass is 630 g/mol. The van der Waals surface area contributed by atoms with Crippen molar-refractivity contribution < 1.29 is 11.6 Å². The van der Waals surface area contributed by atoms with E-state index in [9.17, 15) is 0 Å². The molecule has 0 spiro atoms. The van der Waals surface area contributed by atoms with Crippen LogP contribution in [0.4, 0.5) is 0 Å². The van der Waals surface area contributed by atoms with Gasteiger partial charge in [0.05, 0.1) is 0 Å². The van der Waals surface area contributed by atoms with E-state index in [0.717, 1.165) is 0 Å². The molecule has 0 saturated heterocycles. The SMILES string of the molecule is C1CCC(P(C2CCCCC2)C2CCCCC2)CC1.[Br][Ru]([Br])=[CH]c1ccccc1. The molecule has 4 rings (SSSR count). The van der Waals surface area contributed by atoms with Crippen LogP contribution in [0.25, 0.3) is 0 Å². The van der Waals surface area contributed by atoms with E-state index in [2.05, 4.69) is 44.0 Å². The molecule has 0 N–H and O–H groups in total. The van der Waals surface area contributed by atoms with Gasteiger partial charge in [-0.05, 0) is 55.5 Å². The molecular formula is C25H39Br2PRu. The molecule has 0 unspecified atom stereocenters. The molecule has 4 heteroatoms. The minimum absolute atomic E-state index is 0.385. The zero-order chi connectivity index (χ0) is 20.3. The van der Waals surface area contributed by atoms with Crippen molar-refractivity contribution in [3.63, 3.8) is 0 Å². The van der Waals surface area contributed by atoms with E-state index in [4.69, 9.17) is 0 Å². The predicted molar refractivity (Wildman–Crippen MR) is 137 cm³/mol. The van der Waals surface area contributed by atoms with Gasteiger partial charge in [0, 0.05) is 0 Å². The van der Waals surface area contributed by atoms with Crippen molar-refractivity contribution in [3.8, 4) is 0 Å². The molecule has 0 bridgehead atoms. The topological polar surface area (TPSA) is 0 Å². The normalized spacial score (nSPS) is 22.7. The van der Waals surface area contributed by atoms with Crippen LogP contribution in [-0.2, 0) is 11.6 Å². The van der Waals surface area contributed by atoms with Crippen molar-refractivity contribution in [2.75, 3.05) is 0 Å². The van der Waals surface area contributed by atoms with Crippen LogP contribution in [0.3, 0.4) is 0 Å². The Morgan fingerprint density at radius 2 is 1.00 bits per heavy atom. The summed E-state index contributed by atoms with van der Waals surface area (Å²) in [5.74, 6) is 0. The van der Waals surface area contributed by atoms with E-state index in [1.54, 1.807) is 77.0 Å². The molecule has 0 amide bonds. The third-order valence-electron chi connectivity index (χ3n) is 6.98. The first-order chi connectivity index (χ1) is 14.2. The Balaban J connectivity index is 0.000000204. The molecule has 0 atom stereocenters. The molecule has 3 saturated carbocycles. The molecule has 0 heterocycles. The van der Waals surface area contributed by atoms with Crippen molar-refractivity contribution in [2.24, 2.45) is 0 Å². The molecule has 0 nitrogen and oxygen atoms in total. The van der Waals surface area contributed by atoms with Gasteiger partial charge in [0.1, 0.15) is 0 Å². The van der Waals surface area contributed by atoms with Crippen molar-refractivity contribution >= 4 is 39.8 Å². The molecule has 3 aliphatic rings. The maximum absolute atomic E-state index is 3.52. The van der Waals surface area contributed by atoms with Crippen molar-refractivity contribution in [3.05, 3.63) is 35.9 Å². The van der Waals surface area contributed by atoms with E-state index < -0.39 is 11.6 Å². The number of benzene rings is 1. The Kier molecular flexibility index (Phi) is 12.2. The molecule has 0 aliphatic heterocycles. The molecule has 0 radical (unpaired) electrons. The molecule has 166 valence electrons. The third-order valence-corrected chi connectivity index (χ3v) is 13.9. The Labute approximate surface area is 199 Å². The third kappa shape index (κ3) is 8.87. The molecule has 3 aliphatic carbocycles. The van der Waals surface area contributed by atoms with E-state index in [1.165, 1.54) is 41.8 Å². The summed E-state index contributed by atoms with van der Waals surface area (Å²) < 4.78 is 2.23.